The van der Waals surface area contributed by atoms with Crippen molar-refractivity contribution in [3.05, 3.63) is 65.7 Å². The van der Waals surface area contributed by atoms with Crippen LogP contribution >= 0.6 is 0 Å². The van der Waals surface area contributed by atoms with Crippen molar-refractivity contribution in [2.75, 3.05) is 5.32 Å². The minimum Gasteiger partial charge on any atom is -0.481 e. The van der Waals surface area contributed by atoms with Crippen LogP contribution in [0.5, 0.6) is 0 Å². The van der Waals surface area contributed by atoms with Crippen molar-refractivity contribution in [2.24, 2.45) is 11.8 Å². The van der Waals surface area contributed by atoms with Gasteiger partial charge in [-0.15, -0.1) is 0 Å². The number of alkyl halides is 3. The number of halogens is 3. The third-order valence-electron chi connectivity index (χ3n) is 6.77. The number of carboxylic acid groups (broad SMARTS) is 1. The number of rotatable bonds is 6. The summed E-state index contributed by atoms with van der Waals surface area (Å²) < 4.78 is 38.9. The monoisotopic (exact) mass is 500 g/mol. The van der Waals surface area contributed by atoms with Gasteiger partial charge in [-0.1, -0.05) is 12.1 Å². The molecule has 2 heterocycles. The first-order valence-electron chi connectivity index (χ1n) is 11.6. The molecule has 2 aromatic heterocycles. The summed E-state index contributed by atoms with van der Waals surface area (Å²) >= 11 is 0. The summed E-state index contributed by atoms with van der Waals surface area (Å²) in [4.78, 5) is 23.2. The Labute approximate surface area is 206 Å². The van der Waals surface area contributed by atoms with Crippen LogP contribution in [0.4, 0.5) is 24.8 Å². The summed E-state index contributed by atoms with van der Waals surface area (Å²) in [5.74, 6) is -1.41. The average Bonchev–Trinajstić information content (AvgIpc) is 2.83. The normalized spacial score (nSPS) is 19.9. The van der Waals surface area contributed by atoms with Crippen LogP contribution in [0.15, 0.2) is 48.8 Å². The number of nitrogens with one attached hydrogen (secondary N) is 1. The molecule has 1 aromatic carbocycles. The fraction of sp³-hybridized carbons (Fsp3) is 0.385. The van der Waals surface area contributed by atoms with E-state index >= 15 is 0 Å². The quantitative estimate of drug-likeness (QED) is 0.398. The molecule has 4 rings (SSSR count). The number of aliphatic carboxylic acids is 1. The van der Waals surface area contributed by atoms with Gasteiger partial charge < -0.3 is 15.5 Å². The lowest BCUT2D eigenvalue weighted by molar-refractivity contribution is -0.144. The lowest BCUT2D eigenvalue weighted by atomic mass is 9.73. The van der Waals surface area contributed by atoms with E-state index in [2.05, 4.69) is 20.3 Å². The maximum atomic E-state index is 13.0. The summed E-state index contributed by atoms with van der Waals surface area (Å²) in [5, 5.41) is 23.3. The largest absolute Gasteiger partial charge is 0.481 e. The van der Waals surface area contributed by atoms with Crippen molar-refractivity contribution in [3.8, 4) is 11.1 Å². The number of aryl methyl sites for hydroxylation is 1. The highest BCUT2D eigenvalue weighted by Crippen LogP contribution is 2.40. The van der Waals surface area contributed by atoms with Gasteiger partial charge in [0.05, 0.1) is 11.6 Å². The Morgan fingerprint density at radius 2 is 1.72 bits per heavy atom. The van der Waals surface area contributed by atoms with Crippen LogP contribution in [0.1, 0.15) is 49.6 Å². The van der Waals surface area contributed by atoms with Gasteiger partial charge >= 0.3 is 12.1 Å². The van der Waals surface area contributed by atoms with E-state index in [0.717, 1.165) is 29.0 Å². The van der Waals surface area contributed by atoms with E-state index < -0.39 is 23.4 Å². The number of benzene rings is 1. The SMILES string of the molecule is Cc1cc(Nc2nccc(C(F)(F)F)n2)cc(-c2ccc([C@](C)(O)[C@H]3CC[C@H](C(=O)O)CC3)nc2)c1. The van der Waals surface area contributed by atoms with Crippen LogP contribution in [0, 0.1) is 18.8 Å². The van der Waals surface area contributed by atoms with Crippen molar-refractivity contribution < 1.29 is 28.2 Å². The highest BCUT2D eigenvalue weighted by molar-refractivity contribution is 5.71. The van der Waals surface area contributed by atoms with E-state index in [1.807, 2.05) is 19.1 Å². The molecule has 0 aliphatic heterocycles. The Morgan fingerprint density at radius 1 is 1.00 bits per heavy atom. The zero-order chi connectivity index (χ0) is 26.1. The number of nitrogens with zero attached hydrogens (tertiary/aromatic N) is 3. The first-order valence-corrected chi connectivity index (χ1v) is 11.6. The number of aromatic nitrogens is 3. The van der Waals surface area contributed by atoms with E-state index in [9.17, 15) is 28.2 Å². The number of anilines is 2. The summed E-state index contributed by atoms with van der Waals surface area (Å²) in [6, 6.07) is 9.85. The highest BCUT2D eigenvalue weighted by Gasteiger charge is 2.39. The fourth-order valence-corrected chi connectivity index (χ4v) is 4.70. The standard InChI is InChI=1S/C26H27F3N4O3/c1-15-11-18(13-20(12-15)32-24-30-10-9-22(33-24)26(27,28)29)17-5-8-21(31-14-17)25(2,36)19-6-3-16(4-7-19)23(34)35/h5,8-14,16,19,36H,3-4,6-7H2,1-2H3,(H,34,35)(H,30,32,33)/t16-,19-,25-/m1/s1. The number of pyridine rings is 1. The fourth-order valence-electron chi connectivity index (χ4n) is 4.70. The molecule has 7 nitrogen and oxygen atoms in total. The number of aliphatic hydroxyl groups is 1. The Balaban J connectivity index is 1.52. The zero-order valence-corrected chi connectivity index (χ0v) is 19.9. The minimum absolute atomic E-state index is 0.0892. The summed E-state index contributed by atoms with van der Waals surface area (Å²) in [6.45, 7) is 3.58. The number of hydrogen-bond donors (Lipinski definition) is 3. The number of carboxylic acids is 1. The molecule has 0 radical (unpaired) electrons. The Bertz CT molecular complexity index is 1240. The third kappa shape index (κ3) is 5.64. The van der Waals surface area contributed by atoms with E-state index in [1.54, 1.807) is 31.3 Å². The van der Waals surface area contributed by atoms with Crippen LogP contribution in [-0.4, -0.2) is 31.1 Å². The molecule has 3 aromatic rings. The molecule has 1 atom stereocenters. The van der Waals surface area contributed by atoms with E-state index in [1.165, 1.54) is 0 Å². The molecule has 3 N–H and O–H groups in total. The number of carbonyl (C=O) groups is 1. The lowest BCUT2D eigenvalue weighted by Crippen LogP contribution is -2.36. The van der Waals surface area contributed by atoms with Gasteiger partial charge in [-0.2, -0.15) is 13.2 Å². The first kappa shape index (κ1) is 25.6. The van der Waals surface area contributed by atoms with Crippen LogP contribution in [0.3, 0.4) is 0 Å². The van der Waals surface area contributed by atoms with Gasteiger partial charge in [0.15, 0.2) is 0 Å². The molecular weight excluding hydrogens is 473 g/mol. The highest BCUT2D eigenvalue weighted by atomic mass is 19.4. The van der Waals surface area contributed by atoms with Crippen molar-refractivity contribution in [2.45, 2.75) is 51.3 Å². The van der Waals surface area contributed by atoms with Gasteiger partial charge in [-0.25, -0.2) is 9.97 Å². The van der Waals surface area contributed by atoms with E-state index in [0.29, 0.717) is 37.1 Å². The molecule has 1 aliphatic carbocycles. The van der Waals surface area contributed by atoms with Crippen LogP contribution in [0.25, 0.3) is 11.1 Å². The third-order valence-corrected chi connectivity index (χ3v) is 6.77. The molecule has 1 aliphatic rings. The Hall–Kier alpha value is -3.53. The van der Waals surface area contributed by atoms with E-state index in [4.69, 9.17) is 0 Å². The molecule has 36 heavy (non-hydrogen) atoms. The van der Waals surface area contributed by atoms with Gasteiger partial charge in [-0.05, 0) is 80.8 Å². The van der Waals surface area contributed by atoms with Gasteiger partial charge in [0.1, 0.15) is 11.3 Å². The second-order valence-corrected chi connectivity index (χ2v) is 9.44. The predicted molar refractivity (Wildman–Crippen MR) is 127 cm³/mol. The van der Waals surface area contributed by atoms with Crippen LogP contribution in [0.2, 0.25) is 0 Å². The second kappa shape index (κ2) is 9.85. The van der Waals surface area contributed by atoms with E-state index in [-0.39, 0.29) is 17.8 Å². The first-order chi connectivity index (χ1) is 16.9. The second-order valence-electron chi connectivity index (χ2n) is 9.44. The summed E-state index contributed by atoms with van der Waals surface area (Å²) in [5.41, 5.74) is 1.22. The van der Waals surface area contributed by atoms with Gasteiger partial charge in [0.25, 0.3) is 0 Å². The molecular formula is C26H27F3N4O3. The Kier molecular flexibility index (Phi) is 6.99. The Morgan fingerprint density at radius 3 is 2.33 bits per heavy atom. The van der Waals surface area contributed by atoms with Gasteiger partial charge in [0.2, 0.25) is 5.95 Å². The maximum Gasteiger partial charge on any atom is 0.433 e. The molecule has 0 spiro atoms. The molecule has 1 saturated carbocycles. The number of hydrogen-bond acceptors (Lipinski definition) is 6. The van der Waals surface area contributed by atoms with Gasteiger partial charge in [-0.3, -0.25) is 9.78 Å². The minimum atomic E-state index is -4.57. The summed E-state index contributed by atoms with van der Waals surface area (Å²) in [7, 11) is 0. The topological polar surface area (TPSA) is 108 Å². The van der Waals surface area contributed by atoms with Crippen molar-refractivity contribution in [1.82, 2.24) is 15.0 Å². The molecule has 1 fully saturated rings. The summed E-state index contributed by atoms with van der Waals surface area (Å²) in [6.07, 6.45) is 0.409. The molecule has 0 amide bonds. The average molecular weight is 501 g/mol. The van der Waals surface area contributed by atoms with Crippen molar-refractivity contribution >= 4 is 17.6 Å². The van der Waals surface area contributed by atoms with Crippen LogP contribution < -0.4 is 5.32 Å². The van der Waals surface area contributed by atoms with Crippen molar-refractivity contribution in [1.29, 1.82) is 0 Å². The maximum absolute atomic E-state index is 13.0. The van der Waals surface area contributed by atoms with Gasteiger partial charge in [0, 0.05) is 23.6 Å². The molecule has 190 valence electrons. The zero-order valence-electron chi connectivity index (χ0n) is 19.9. The molecule has 10 heteroatoms. The predicted octanol–water partition coefficient (Wildman–Crippen LogP) is 5.71. The smallest absolute Gasteiger partial charge is 0.433 e. The molecule has 0 saturated heterocycles. The molecule has 0 unspecified atom stereocenters. The van der Waals surface area contributed by atoms with Crippen molar-refractivity contribution in [3.63, 3.8) is 0 Å². The molecule has 0 bridgehead atoms. The van der Waals surface area contributed by atoms with Crippen LogP contribution in [-0.2, 0) is 16.6 Å². The lowest BCUT2D eigenvalue weighted by Gasteiger charge is -2.36.